The molecule has 6 heteroatoms. The monoisotopic (exact) mass is 285 g/mol. The molecule has 0 aliphatic heterocycles. The summed E-state index contributed by atoms with van der Waals surface area (Å²) in [4.78, 5) is 7.01. The fourth-order valence-electron chi connectivity index (χ4n) is 1.47. The largest absolute Gasteiger partial charge is 0.341 e. The summed E-state index contributed by atoms with van der Waals surface area (Å²) in [5.74, 6) is 0.609. The maximum atomic E-state index is 12.5. The molecule has 0 atom stereocenters. The normalized spacial score (nSPS) is 10.9. The minimum absolute atomic E-state index is 0.163. The third-order valence-electron chi connectivity index (χ3n) is 2.16. The van der Waals surface area contributed by atoms with Crippen LogP contribution in [0.5, 0.6) is 0 Å². The Hall–Kier alpha value is -1.48. The number of hydrogen-bond donors (Lipinski definition) is 1. The highest BCUT2D eigenvalue weighted by molar-refractivity contribution is 9.08. The first-order valence-corrected chi connectivity index (χ1v) is 5.54. The second kappa shape index (κ2) is 4.18. The molecule has 0 radical (unpaired) electrons. The van der Waals surface area contributed by atoms with Gasteiger partial charge in [-0.25, -0.2) is 13.8 Å². The van der Waals surface area contributed by atoms with Crippen LogP contribution in [0.15, 0.2) is 12.1 Å². The molecule has 0 amide bonds. The minimum atomic E-state index is -2.59. The summed E-state index contributed by atoms with van der Waals surface area (Å²) in [6.45, 7) is 0. The fourth-order valence-corrected chi connectivity index (χ4v) is 1.73. The molecule has 1 aromatic carbocycles. The van der Waals surface area contributed by atoms with Gasteiger partial charge in [0.25, 0.3) is 6.43 Å². The number of aromatic amines is 1. The van der Waals surface area contributed by atoms with Crippen LogP contribution in [0.1, 0.15) is 23.4 Å². The molecule has 0 aliphatic rings. The maximum absolute atomic E-state index is 12.5. The Balaban J connectivity index is 2.72. The van der Waals surface area contributed by atoms with E-state index in [1.807, 2.05) is 6.07 Å². The molecule has 82 valence electrons. The zero-order valence-corrected chi connectivity index (χ0v) is 9.55. The number of nitriles is 1. The van der Waals surface area contributed by atoms with Crippen molar-refractivity contribution in [2.75, 3.05) is 0 Å². The number of halogens is 3. The Labute approximate surface area is 98.2 Å². The van der Waals surface area contributed by atoms with Gasteiger partial charge in [-0.15, -0.1) is 0 Å². The van der Waals surface area contributed by atoms with Gasteiger partial charge in [0.05, 0.1) is 16.4 Å². The summed E-state index contributed by atoms with van der Waals surface area (Å²) in [6, 6.07) is 4.36. The maximum Gasteiger partial charge on any atom is 0.263 e. The van der Waals surface area contributed by atoms with Crippen molar-refractivity contribution in [3.8, 4) is 6.07 Å². The Kier molecular flexibility index (Phi) is 2.88. The molecule has 2 rings (SSSR count). The molecular formula is C10H6BrF2N3. The SMILES string of the molecule is N#Cc1cc(C(F)F)cc2[nH]c(CBr)nc12. The van der Waals surface area contributed by atoms with E-state index >= 15 is 0 Å². The zero-order chi connectivity index (χ0) is 11.7. The Morgan fingerprint density at radius 2 is 2.25 bits per heavy atom. The van der Waals surface area contributed by atoms with E-state index in [0.717, 1.165) is 0 Å². The minimum Gasteiger partial charge on any atom is -0.341 e. The molecule has 1 heterocycles. The topological polar surface area (TPSA) is 52.5 Å². The van der Waals surface area contributed by atoms with Crippen molar-refractivity contribution in [2.45, 2.75) is 11.8 Å². The van der Waals surface area contributed by atoms with Crippen LogP contribution in [0, 0.1) is 11.3 Å². The van der Waals surface area contributed by atoms with Gasteiger partial charge in [0.15, 0.2) is 0 Å². The third-order valence-corrected chi connectivity index (χ3v) is 2.69. The Bertz CT molecular complexity index is 571. The second-order valence-electron chi connectivity index (χ2n) is 3.19. The van der Waals surface area contributed by atoms with Gasteiger partial charge in [-0.2, -0.15) is 5.26 Å². The van der Waals surface area contributed by atoms with Crippen LogP contribution in [0.3, 0.4) is 0 Å². The van der Waals surface area contributed by atoms with Gasteiger partial charge in [-0.1, -0.05) is 15.9 Å². The summed E-state index contributed by atoms with van der Waals surface area (Å²) >= 11 is 3.20. The number of rotatable bonds is 2. The van der Waals surface area contributed by atoms with Crippen molar-refractivity contribution < 1.29 is 8.78 Å². The number of imidazole rings is 1. The lowest BCUT2D eigenvalue weighted by Gasteiger charge is -2.00. The summed E-state index contributed by atoms with van der Waals surface area (Å²) in [7, 11) is 0. The summed E-state index contributed by atoms with van der Waals surface area (Å²) in [6.07, 6.45) is -2.59. The molecule has 0 saturated heterocycles. The highest BCUT2D eigenvalue weighted by Gasteiger charge is 2.14. The van der Waals surface area contributed by atoms with E-state index in [2.05, 4.69) is 25.9 Å². The first-order chi connectivity index (χ1) is 7.65. The fraction of sp³-hybridized carbons (Fsp3) is 0.200. The smallest absolute Gasteiger partial charge is 0.263 e. The van der Waals surface area contributed by atoms with Gasteiger partial charge in [0.2, 0.25) is 0 Å². The van der Waals surface area contributed by atoms with E-state index in [1.165, 1.54) is 12.1 Å². The molecule has 0 saturated carbocycles. The highest BCUT2D eigenvalue weighted by atomic mass is 79.9. The van der Waals surface area contributed by atoms with Crippen molar-refractivity contribution >= 4 is 27.0 Å². The molecule has 0 aliphatic carbocycles. The first-order valence-electron chi connectivity index (χ1n) is 4.42. The molecule has 16 heavy (non-hydrogen) atoms. The van der Waals surface area contributed by atoms with E-state index in [1.54, 1.807) is 0 Å². The predicted octanol–water partition coefficient (Wildman–Crippen LogP) is 3.27. The number of fused-ring (bicyclic) bond motifs is 1. The number of H-pyrrole nitrogens is 1. The van der Waals surface area contributed by atoms with E-state index in [4.69, 9.17) is 5.26 Å². The van der Waals surface area contributed by atoms with Crippen molar-refractivity contribution in [1.82, 2.24) is 9.97 Å². The number of benzene rings is 1. The van der Waals surface area contributed by atoms with E-state index in [0.29, 0.717) is 22.2 Å². The van der Waals surface area contributed by atoms with E-state index in [-0.39, 0.29) is 11.1 Å². The number of aromatic nitrogens is 2. The average Bonchev–Trinajstić information content (AvgIpc) is 2.70. The number of hydrogen-bond acceptors (Lipinski definition) is 2. The standard InChI is InChI=1S/C10H6BrF2N3/c11-3-8-15-7-2-5(10(12)13)1-6(4-14)9(7)16-8/h1-2,10H,3H2,(H,15,16). The van der Waals surface area contributed by atoms with E-state index in [9.17, 15) is 8.78 Å². The van der Waals surface area contributed by atoms with Gasteiger partial charge in [0.1, 0.15) is 17.4 Å². The van der Waals surface area contributed by atoms with Crippen LogP contribution in [0.25, 0.3) is 11.0 Å². The van der Waals surface area contributed by atoms with Gasteiger partial charge in [-0.05, 0) is 12.1 Å². The first kappa shape index (κ1) is 11.0. The van der Waals surface area contributed by atoms with Crippen molar-refractivity contribution in [2.24, 2.45) is 0 Å². The van der Waals surface area contributed by atoms with Crippen molar-refractivity contribution in [1.29, 1.82) is 5.26 Å². The number of nitrogens with one attached hydrogen (secondary N) is 1. The van der Waals surface area contributed by atoms with Crippen LogP contribution < -0.4 is 0 Å². The number of alkyl halides is 3. The molecule has 0 spiro atoms. The summed E-state index contributed by atoms with van der Waals surface area (Å²) in [5.41, 5.74) is 0.884. The summed E-state index contributed by atoms with van der Waals surface area (Å²) < 4.78 is 25.1. The molecule has 0 fully saturated rings. The lowest BCUT2D eigenvalue weighted by molar-refractivity contribution is 0.151. The van der Waals surface area contributed by atoms with Gasteiger partial charge in [0, 0.05) is 5.56 Å². The number of nitrogens with zero attached hydrogens (tertiary/aromatic N) is 2. The van der Waals surface area contributed by atoms with Crippen molar-refractivity contribution in [3.63, 3.8) is 0 Å². The third kappa shape index (κ3) is 1.78. The van der Waals surface area contributed by atoms with E-state index < -0.39 is 6.43 Å². The average molecular weight is 286 g/mol. The predicted molar refractivity (Wildman–Crippen MR) is 58.4 cm³/mol. The molecular weight excluding hydrogens is 280 g/mol. The van der Waals surface area contributed by atoms with Gasteiger partial charge < -0.3 is 4.98 Å². The van der Waals surface area contributed by atoms with Crippen molar-refractivity contribution in [3.05, 3.63) is 29.1 Å². The molecule has 1 N–H and O–H groups in total. The zero-order valence-electron chi connectivity index (χ0n) is 7.97. The van der Waals surface area contributed by atoms with Gasteiger partial charge >= 0.3 is 0 Å². The lowest BCUT2D eigenvalue weighted by Crippen LogP contribution is -1.87. The van der Waals surface area contributed by atoms with Crippen LogP contribution >= 0.6 is 15.9 Å². The molecule has 2 aromatic rings. The Morgan fingerprint density at radius 1 is 1.50 bits per heavy atom. The molecule has 3 nitrogen and oxygen atoms in total. The summed E-state index contributed by atoms with van der Waals surface area (Å²) in [5, 5.41) is 9.35. The van der Waals surface area contributed by atoms with Gasteiger partial charge in [-0.3, -0.25) is 0 Å². The van der Waals surface area contributed by atoms with Crippen LogP contribution in [-0.4, -0.2) is 9.97 Å². The quantitative estimate of drug-likeness (QED) is 0.861. The highest BCUT2D eigenvalue weighted by Crippen LogP contribution is 2.25. The van der Waals surface area contributed by atoms with Crippen LogP contribution in [0.4, 0.5) is 8.78 Å². The second-order valence-corrected chi connectivity index (χ2v) is 3.75. The molecule has 1 aromatic heterocycles. The molecule has 0 unspecified atom stereocenters. The lowest BCUT2D eigenvalue weighted by atomic mass is 10.1. The van der Waals surface area contributed by atoms with Crippen LogP contribution in [0.2, 0.25) is 0 Å². The Morgan fingerprint density at radius 3 is 2.81 bits per heavy atom. The van der Waals surface area contributed by atoms with Crippen LogP contribution in [-0.2, 0) is 5.33 Å². The molecule has 0 bridgehead atoms.